The molecule has 0 radical (unpaired) electrons. The number of nitrogens with zero attached hydrogens (tertiary/aromatic N) is 1. The smallest absolute Gasteiger partial charge is 0.130 e. The lowest BCUT2D eigenvalue weighted by Crippen LogP contribution is -1.79. The molecule has 0 aliphatic heterocycles. The van der Waals surface area contributed by atoms with E-state index in [4.69, 9.17) is 34.8 Å². The molecule has 0 amide bonds. The first-order chi connectivity index (χ1) is 7.66. The number of halogens is 3. The highest BCUT2D eigenvalue weighted by Gasteiger charge is 2.06. The number of hydrogen-bond acceptors (Lipinski definition) is 2. The van der Waals surface area contributed by atoms with E-state index in [9.17, 15) is 0 Å². The summed E-state index contributed by atoms with van der Waals surface area (Å²) in [5.41, 5.74) is 0. The lowest BCUT2D eigenvalue weighted by Gasteiger charge is -2.05. The van der Waals surface area contributed by atoms with Crippen LogP contribution in [-0.2, 0) is 0 Å². The lowest BCUT2D eigenvalue weighted by molar-refractivity contribution is 1.26. The summed E-state index contributed by atoms with van der Waals surface area (Å²) >= 11 is 19.3. The molecule has 0 saturated carbocycles. The minimum Gasteiger partial charge on any atom is -0.244 e. The lowest BCUT2D eigenvalue weighted by atomic mass is 10.4. The molecule has 2 aromatic rings. The molecule has 5 heteroatoms. The Labute approximate surface area is 113 Å². The molecule has 0 N–H and O–H groups in total. The Hall–Kier alpha value is -0.410. The van der Waals surface area contributed by atoms with E-state index in [1.165, 1.54) is 11.8 Å². The van der Waals surface area contributed by atoms with Gasteiger partial charge in [-0.1, -0.05) is 52.6 Å². The van der Waals surface area contributed by atoms with E-state index in [2.05, 4.69) is 4.98 Å². The molecular formula is C11H6Cl3NS. The molecule has 1 aromatic carbocycles. The summed E-state index contributed by atoms with van der Waals surface area (Å²) in [6.45, 7) is 0. The fourth-order valence-electron chi connectivity index (χ4n) is 1.14. The number of rotatable bonds is 2. The summed E-state index contributed by atoms with van der Waals surface area (Å²) < 4.78 is 0. The monoisotopic (exact) mass is 289 g/mol. The van der Waals surface area contributed by atoms with E-state index in [-0.39, 0.29) is 0 Å². The second kappa shape index (κ2) is 5.28. The quantitative estimate of drug-likeness (QED) is 0.706. The average molecular weight is 291 g/mol. The largest absolute Gasteiger partial charge is 0.244 e. The van der Waals surface area contributed by atoms with Gasteiger partial charge in [0.25, 0.3) is 0 Å². The van der Waals surface area contributed by atoms with Crippen molar-refractivity contribution in [2.24, 2.45) is 0 Å². The van der Waals surface area contributed by atoms with Crippen LogP contribution in [0.15, 0.2) is 46.3 Å². The number of pyridine rings is 1. The van der Waals surface area contributed by atoms with Gasteiger partial charge in [-0.2, -0.15) is 0 Å². The molecule has 0 atom stereocenters. The van der Waals surface area contributed by atoms with Gasteiger partial charge in [0.1, 0.15) is 5.15 Å². The summed E-state index contributed by atoms with van der Waals surface area (Å²) in [4.78, 5) is 5.79. The van der Waals surface area contributed by atoms with Crippen LogP contribution in [0.2, 0.25) is 15.2 Å². The highest BCUT2D eigenvalue weighted by atomic mass is 35.5. The maximum Gasteiger partial charge on any atom is 0.130 e. The minimum atomic E-state index is 0.461. The van der Waals surface area contributed by atoms with Crippen LogP contribution in [0.4, 0.5) is 0 Å². The normalized spacial score (nSPS) is 10.4. The summed E-state index contributed by atoms with van der Waals surface area (Å²) in [6, 6.07) is 9.18. The van der Waals surface area contributed by atoms with Gasteiger partial charge in [0.05, 0.1) is 10.0 Å². The van der Waals surface area contributed by atoms with Gasteiger partial charge in [-0.05, 0) is 24.3 Å². The van der Waals surface area contributed by atoms with E-state index in [0.29, 0.717) is 15.2 Å². The first-order valence-electron chi connectivity index (χ1n) is 4.40. The zero-order valence-corrected chi connectivity index (χ0v) is 11.0. The molecule has 0 fully saturated rings. The first-order valence-corrected chi connectivity index (χ1v) is 6.35. The van der Waals surface area contributed by atoms with Crippen molar-refractivity contribution < 1.29 is 0 Å². The number of benzene rings is 1. The van der Waals surface area contributed by atoms with Crippen molar-refractivity contribution in [3.05, 3.63) is 51.7 Å². The minimum absolute atomic E-state index is 0.461. The second-order valence-electron chi connectivity index (χ2n) is 2.97. The zero-order valence-electron chi connectivity index (χ0n) is 7.95. The van der Waals surface area contributed by atoms with Gasteiger partial charge < -0.3 is 0 Å². The Balaban J connectivity index is 2.31. The predicted molar refractivity (Wildman–Crippen MR) is 69.8 cm³/mol. The van der Waals surface area contributed by atoms with Crippen molar-refractivity contribution in [2.75, 3.05) is 0 Å². The van der Waals surface area contributed by atoms with E-state index in [1.807, 2.05) is 18.2 Å². The SMILES string of the molecule is Clc1cc(Sc2cccc(Cl)c2Cl)ccn1. The molecular weight excluding hydrogens is 285 g/mol. The van der Waals surface area contributed by atoms with Crippen molar-refractivity contribution in [1.82, 2.24) is 4.98 Å². The third-order valence-electron chi connectivity index (χ3n) is 1.84. The van der Waals surface area contributed by atoms with Crippen molar-refractivity contribution in [1.29, 1.82) is 0 Å². The first kappa shape index (κ1) is 12.1. The third kappa shape index (κ3) is 2.83. The van der Waals surface area contributed by atoms with Crippen LogP contribution < -0.4 is 0 Å². The van der Waals surface area contributed by atoms with Crippen LogP contribution >= 0.6 is 46.6 Å². The van der Waals surface area contributed by atoms with Gasteiger partial charge in [-0.15, -0.1) is 0 Å². The summed E-state index contributed by atoms with van der Waals surface area (Å²) in [5.74, 6) is 0. The maximum absolute atomic E-state index is 6.08. The van der Waals surface area contributed by atoms with Gasteiger partial charge in [0, 0.05) is 16.0 Å². The van der Waals surface area contributed by atoms with Gasteiger partial charge in [-0.3, -0.25) is 0 Å². The van der Waals surface area contributed by atoms with Crippen LogP contribution in [-0.4, -0.2) is 4.98 Å². The van der Waals surface area contributed by atoms with E-state index in [1.54, 1.807) is 18.3 Å². The molecule has 0 unspecified atom stereocenters. The van der Waals surface area contributed by atoms with E-state index >= 15 is 0 Å². The standard InChI is InChI=1S/C11H6Cl3NS/c12-8-2-1-3-9(11(8)14)16-7-4-5-15-10(13)6-7/h1-6H. The summed E-state index contributed by atoms with van der Waals surface area (Å²) in [6.07, 6.45) is 1.66. The molecule has 1 aromatic heterocycles. The Morgan fingerprint density at radius 1 is 1.06 bits per heavy atom. The molecule has 0 bridgehead atoms. The summed E-state index contributed by atoms with van der Waals surface area (Å²) in [5, 5.41) is 1.57. The van der Waals surface area contributed by atoms with Gasteiger partial charge >= 0.3 is 0 Å². The highest BCUT2D eigenvalue weighted by molar-refractivity contribution is 7.99. The topological polar surface area (TPSA) is 12.9 Å². The van der Waals surface area contributed by atoms with Crippen molar-refractivity contribution in [3.8, 4) is 0 Å². The van der Waals surface area contributed by atoms with Crippen molar-refractivity contribution in [3.63, 3.8) is 0 Å². The molecule has 16 heavy (non-hydrogen) atoms. The number of hydrogen-bond donors (Lipinski definition) is 0. The molecule has 0 spiro atoms. The molecule has 1 nitrogen and oxygen atoms in total. The van der Waals surface area contributed by atoms with E-state index < -0.39 is 0 Å². The van der Waals surface area contributed by atoms with Gasteiger partial charge in [0.2, 0.25) is 0 Å². The number of aromatic nitrogens is 1. The van der Waals surface area contributed by atoms with Crippen LogP contribution in [0.3, 0.4) is 0 Å². The molecule has 2 rings (SSSR count). The van der Waals surface area contributed by atoms with E-state index in [0.717, 1.165) is 9.79 Å². The highest BCUT2D eigenvalue weighted by Crippen LogP contribution is 2.37. The van der Waals surface area contributed by atoms with Crippen molar-refractivity contribution >= 4 is 46.6 Å². The fourth-order valence-corrected chi connectivity index (χ4v) is 2.75. The Morgan fingerprint density at radius 3 is 2.62 bits per heavy atom. The molecule has 0 saturated heterocycles. The van der Waals surface area contributed by atoms with Crippen LogP contribution in [0.5, 0.6) is 0 Å². The third-order valence-corrected chi connectivity index (χ3v) is 4.03. The fraction of sp³-hybridized carbons (Fsp3) is 0. The van der Waals surface area contributed by atoms with Crippen molar-refractivity contribution in [2.45, 2.75) is 9.79 Å². The zero-order chi connectivity index (χ0) is 11.5. The van der Waals surface area contributed by atoms with Crippen LogP contribution in [0, 0.1) is 0 Å². The molecule has 82 valence electrons. The Morgan fingerprint density at radius 2 is 1.88 bits per heavy atom. The maximum atomic E-state index is 6.08. The van der Waals surface area contributed by atoms with Crippen LogP contribution in [0.1, 0.15) is 0 Å². The average Bonchev–Trinajstić information content (AvgIpc) is 2.25. The predicted octanol–water partition coefficient (Wildman–Crippen LogP) is 5.19. The van der Waals surface area contributed by atoms with Gasteiger partial charge in [0.15, 0.2) is 0 Å². The summed E-state index contributed by atoms with van der Waals surface area (Å²) in [7, 11) is 0. The van der Waals surface area contributed by atoms with Gasteiger partial charge in [-0.25, -0.2) is 4.98 Å². The second-order valence-corrected chi connectivity index (χ2v) is 5.26. The Bertz CT molecular complexity index is 516. The molecule has 1 heterocycles. The Kier molecular flexibility index (Phi) is 3.98. The molecule has 0 aliphatic rings. The van der Waals surface area contributed by atoms with Crippen LogP contribution in [0.25, 0.3) is 0 Å². The molecule has 0 aliphatic carbocycles.